The maximum absolute atomic E-state index is 12.7. The number of furan rings is 1. The van der Waals surface area contributed by atoms with Crippen molar-refractivity contribution in [1.29, 1.82) is 0 Å². The molecule has 1 saturated heterocycles. The Balaban J connectivity index is 1.35. The Labute approximate surface area is 180 Å². The van der Waals surface area contributed by atoms with Gasteiger partial charge >= 0.3 is 0 Å². The number of aromatic amines is 1. The van der Waals surface area contributed by atoms with E-state index in [0.29, 0.717) is 21.4 Å². The highest BCUT2D eigenvalue weighted by Crippen LogP contribution is 2.36. The Hall–Kier alpha value is -3.23. The van der Waals surface area contributed by atoms with Crippen LogP contribution in [0.4, 0.5) is 10.5 Å². The van der Waals surface area contributed by atoms with Gasteiger partial charge in [-0.1, -0.05) is 24.3 Å². The second kappa shape index (κ2) is 7.55. The van der Waals surface area contributed by atoms with Crippen LogP contribution >= 0.6 is 23.5 Å². The fourth-order valence-corrected chi connectivity index (χ4v) is 4.70. The summed E-state index contributed by atoms with van der Waals surface area (Å²) in [6.45, 7) is 2.03. The summed E-state index contributed by atoms with van der Waals surface area (Å²) in [5.74, 6) is 0.150. The van der Waals surface area contributed by atoms with Gasteiger partial charge in [0.25, 0.3) is 11.1 Å². The molecule has 1 N–H and O–H groups in total. The van der Waals surface area contributed by atoms with Crippen LogP contribution in [0.5, 0.6) is 0 Å². The maximum Gasteiger partial charge on any atom is 0.298 e. The number of hydrogen-bond acceptors (Lipinski definition) is 6. The largest absolute Gasteiger partial charge is 0.450 e. The lowest BCUT2D eigenvalue weighted by Gasteiger charge is -2.11. The monoisotopic (exact) mass is 433 g/mol. The lowest BCUT2D eigenvalue weighted by atomic mass is 10.2. The van der Waals surface area contributed by atoms with Gasteiger partial charge in [-0.2, -0.15) is 0 Å². The van der Waals surface area contributed by atoms with Crippen LogP contribution in [0, 0.1) is 6.92 Å². The van der Waals surface area contributed by atoms with E-state index in [0.717, 1.165) is 33.5 Å². The smallest absolute Gasteiger partial charge is 0.298 e. The van der Waals surface area contributed by atoms with Crippen LogP contribution in [0.1, 0.15) is 11.3 Å². The third-order valence-electron chi connectivity index (χ3n) is 4.50. The molecule has 0 aliphatic carbocycles. The minimum Gasteiger partial charge on any atom is -0.450 e. The summed E-state index contributed by atoms with van der Waals surface area (Å²) < 4.78 is 5.82. The van der Waals surface area contributed by atoms with Crippen molar-refractivity contribution in [3.8, 4) is 0 Å². The molecular weight excluding hydrogens is 418 g/mol. The lowest BCUT2D eigenvalue weighted by molar-refractivity contribution is -0.113. The SMILES string of the molecule is Cc1ccc2nc(Sc3ccc(/C=C4/SC(=O)N(c5ccccc5)C4=O)o3)[nH]c2c1. The van der Waals surface area contributed by atoms with Crippen LogP contribution in [0.3, 0.4) is 0 Å². The molecule has 3 heterocycles. The summed E-state index contributed by atoms with van der Waals surface area (Å²) in [6.07, 6.45) is 1.60. The number of H-pyrrole nitrogens is 1. The molecule has 2 amide bonds. The first-order chi connectivity index (χ1) is 14.6. The number of aromatic nitrogens is 2. The van der Waals surface area contributed by atoms with E-state index >= 15 is 0 Å². The van der Waals surface area contributed by atoms with Crippen LogP contribution < -0.4 is 4.90 Å². The van der Waals surface area contributed by atoms with E-state index in [1.54, 1.807) is 36.4 Å². The third-order valence-corrected chi connectivity index (χ3v) is 6.17. The molecule has 30 heavy (non-hydrogen) atoms. The number of imide groups is 1. The normalized spacial score (nSPS) is 15.6. The Bertz CT molecular complexity index is 1310. The van der Waals surface area contributed by atoms with Gasteiger partial charge in [0, 0.05) is 6.08 Å². The number of carbonyl (C=O) groups excluding carboxylic acids is 2. The topological polar surface area (TPSA) is 79.2 Å². The van der Waals surface area contributed by atoms with Crippen LogP contribution in [0.15, 0.2) is 80.2 Å². The zero-order valence-corrected chi connectivity index (χ0v) is 17.4. The number of aryl methyl sites for hydroxylation is 1. The fraction of sp³-hybridized carbons (Fsp3) is 0.0455. The molecular formula is C22H15N3O3S2. The molecule has 8 heteroatoms. The van der Waals surface area contributed by atoms with Gasteiger partial charge in [-0.05, 0) is 72.4 Å². The molecule has 6 nitrogen and oxygen atoms in total. The van der Waals surface area contributed by atoms with Gasteiger partial charge in [0.15, 0.2) is 10.2 Å². The predicted octanol–water partition coefficient (Wildman–Crippen LogP) is 5.86. The number of nitrogens with zero attached hydrogens (tertiary/aromatic N) is 2. The quantitative estimate of drug-likeness (QED) is 0.406. The molecule has 2 aromatic carbocycles. The van der Waals surface area contributed by atoms with E-state index in [9.17, 15) is 9.59 Å². The van der Waals surface area contributed by atoms with Gasteiger partial charge in [-0.15, -0.1) is 0 Å². The van der Waals surface area contributed by atoms with E-state index in [-0.39, 0.29) is 11.1 Å². The van der Waals surface area contributed by atoms with Crippen molar-refractivity contribution in [2.45, 2.75) is 17.2 Å². The molecule has 1 aliphatic heterocycles. The molecule has 148 valence electrons. The van der Waals surface area contributed by atoms with E-state index < -0.39 is 0 Å². The molecule has 1 fully saturated rings. The van der Waals surface area contributed by atoms with Crippen LogP contribution in [-0.4, -0.2) is 21.1 Å². The summed E-state index contributed by atoms with van der Waals surface area (Å²) in [5.41, 5.74) is 3.58. The number of fused-ring (bicyclic) bond motifs is 1. The molecule has 0 atom stereocenters. The van der Waals surface area contributed by atoms with Gasteiger partial charge in [0.2, 0.25) is 0 Å². The summed E-state index contributed by atoms with van der Waals surface area (Å²) in [4.78, 5) is 34.3. The van der Waals surface area contributed by atoms with Crippen LogP contribution in [-0.2, 0) is 4.79 Å². The number of hydrogen-bond donors (Lipinski definition) is 1. The number of imidazole rings is 1. The Morgan fingerprint density at radius 3 is 2.77 bits per heavy atom. The first kappa shape index (κ1) is 18.8. The van der Waals surface area contributed by atoms with Gasteiger partial charge in [0.1, 0.15) is 5.76 Å². The predicted molar refractivity (Wildman–Crippen MR) is 119 cm³/mol. The van der Waals surface area contributed by atoms with E-state index in [2.05, 4.69) is 9.97 Å². The molecule has 0 spiro atoms. The third kappa shape index (κ3) is 3.55. The summed E-state index contributed by atoms with van der Waals surface area (Å²) in [6, 6.07) is 18.5. The first-order valence-electron chi connectivity index (χ1n) is 9.14. The van der Waals surface area contributed by atoms with Gasteiger partial charge in [-0.3, -0.25) is 9.59 Å². The average molecular weight is 434 g/mol. The van der Waals surface area contributed by atoms with Crippen molar-refractivity contribution in [2.24, 2.45) is 0 Å². The van der Waals surface area contributed by atoms with Crippen molar-refractivity contribution in [3.63, 3.8) is 0 Å². The summed E-state index contributed by atoms with van der Waals surface area (Å²) in [5, 5.41) is 1.04. The van der Waals surface area contributed by atoms with Crippen LogP contribution in [0.25, 0.3) is 17.1 Å². The zero-order chi connectivity index (χ0) is 20.7. The fourth-order valence-electron chi connectivity index (χ4n) is 3.11. The molecule has 4 aromatic rings. The minimum absolute atomic E-state index is 0.323. The van der Waals surface area contributed by atoms with Crippen molar-refractivity contribution >= 4 is 57.5 Å². The second-order valence-electron chi connectivity index (χ2n) is 6.67. The molecule has 5 rings (SSSR count). The Morgan fingerprint density at radius 1 is 1.10 bits per heavy atom. The molecule has 2 aromatic heterocycles. The van der Waals surface area contributed by atoms with Gasteiger partial charge in [-0.25, -0.2) is 9.88 Å². The number of rotatable bonds is 4. The van der Waals surface area contributed by atoms with Gasteiger partial charge < -0.3 is 9.40 Å². The number of para-hydroxylation sites is 1. The van der Waals surface area contributed by atoms with Crippen LogP contribution in [0.2, 0.25) is 0 Å². The van der Waals surface area contributed by atoms with E-state index in [1.165, 1.54) is 16.7 Å². The highest BCUT2D eigenvalue weighted by Gasteiger charge is 2.36. The minimum atomic E-state index is -0.352. The molecule has 1 aliphatic rings. The number of carbonyl (C=O) groups is 2. The van der Waals surface area contributed by atoms with Gasteiger partial charge in [0.05, 0.1) is 21.6 Å². The lowest BCUT2D eigenvalue weighted by Crippen LogP contribution is -2.27. The number of anilines is 1. The summed E-state index contributed by atoms with van der Waals surface area (Å²) >= 11 is 2.27. The molecule has 0 unspecified atom stereocenters. The second-order valence-corrected chi connectivity index (χ2v) is 8.66. The standard InChI is InChI=1S/C22H15N3O3S2/c1-13-7-9-16-17(11-13)24-21(23-16)30-19-10-8-15(28-19)12-18-20(26)25(22(27)29-18)14-5-3-2-4-6-14/h2-12H,1H3,(H,23,24)/b18-12+. The molecule has 0 bridgehead atoms. The Kier molecular flexibility index (Phi) is 4.72. The van der Waals surface area contributed by atoms with Crippen molar-refractivity contribution in [1.82, 2.24) is 9.97 Å². The number of nitrogens with one attached hydrogen (secondary N) is 1. The number of thioether (sulfide) groups is 1. The first-order valence-corrected chi connectivity index (χ1v) is 10.8. The Morgan fingerprint density at radius 2 is 1.93 bits per heavy atom. The molecule has 0 radical (unpaired) electrons. The van der Waals surface area contributed by atoms with Crippen molar-refractivity contribution in [3.05, 3.63) is 76.9 Å². The zero-order valence-electron chi connectivity index (χ0n) is 15.8. The molecule has 0 saturated carbocycles. The number of benzene rings is 2. The summed E-state index contributed by atoms with van der Waals surface area (Å²) in [7, 11) is 0. The van der Waals surface area contributed by atoms with Crippen molar-refractivity contribution in [2.75, 3.05) is 4.90 Å². The van der Waals surface area contributed by atoms with E-state index in [4.69, 9.17) is 4.42 Å². The highest BCUT2D eigenvalue weighted by molar-refractivity contribution is 8.19. The van der Waals surface area contributed by atoms with E-state index in [1.807, 2.05) is 37.3 Å². The number of amides is 2. The maximum atomic E-state index is 12.7. The average Bonchev–Trinajstić information content (AvgIpc) is 3.41. The highest BCUT2D eigenvalue weighted by atomic mass is 32.2. The van der Waals surface area contributed by atoms with Crippen molar-refractivity contribution < 1.29 is 14.0 Å².